The Morgan fingerprint density at radius 2 is 2.05 bits per heavy atom. The molecule has 1 atom stereocenters. The molecule has 1 aromatic heterocycles. The molecular formula is C15H15N3O4. The molecule has 114 valence electrons. The highest BCUT2D eigenvalue weighted by molar-refractivity contribution is 5.94. The Hall–Kier alpha value is -2.67. The van der Waals surface area contributed by atoms with Gasteiger partial charge in [-0.3, -0.25) is 4.79 Å². The molecule has 1 aliphatic rings. The van der Waals surface area contributed by atoms with Crippen molar-refractivity contribution in [2.75, 3.05) is 19.7 Å². The van der Waals surface area contributed by atoms with Gasteiger partial charge in [-0.25, -0.2) is 9.48 Å². The fraction of sp³-hybridized carbons (Fsp3) is 0.267. The predicted octanol–water partition coefficient (Wildman–Crippen LogP) is 0.798. The Kier molecular flexibility index (Phi) is 3.88. The Labute approximate surface area is 126 Å². The number of morpholine rings is 1. The molecule has 0 aliphatic carbocycles. The van der Waals surface area contributed by atoms with Gasteiger partial charge in [-0.2, -0.15) is 5.10 Å². The van der Waals surface area contributed by atoms with Gasteiger partial charge >= 0.3 is 5.97 Å². The van der Waals surface area contributed by atoms with Crippen molar-refractivity contribution in [2.24, 2.45) is 0 Å². The van der Waals surface area contributed by atoms with E-state index in [2.05, 4.69) is 5.10 Å². The second kappa shape index (κ2) is 5.98. The summed E-state index contributed by atoms with van der Waals surface area (Å²) in [4.78, 5) is 24.9. The van der Waals surface area contributed by atoms with Crippen LogP contribution in [0.1, 0.15) is 10.4 Å². The van der Waals surface area contributed by atoms with Gasteiger partial charge in [-0.05, 0) is 30.3 Å². The molecule has 0 radical (unpaired) electrons. The van der Waals surface area contributed by atoms with Crippen LogP contribution in [0.25, 0.3) is 5.69 Å². The molecular weight excluding hydrogens is 286 g/mol. The fourth-order valence-electron chi connectivity index (χ4n) is 2.34. The Morgan fingerprint density at radius 1 is 1.27 bits per heavy atom. The normalized spacial score (nSPS) is 18.2. The monoisotopic (exact) mass is 301 g/mol. The van der Waals surface area contributed by atoms with Crippen LogP contribution in [0.2, 0.25) is 0 Å². The topological polar surface area (TPSA) is 84.7 Å². The van der Waals surface area contributed by atoms with Crippen LogP contribution < -0.4 is 0 Å². The Morgan fingerprint density at radius 3 is 2.68 bits per heavy atom. The van der Waals surface area contributed by atoms with Crippen LogP contribution in [0.3, 0.4) is 0 Å². The second-order valence-corrected chi connectivity index (χ2v) is 4.95. The van der Waals surface area contributed by atoms with Gasteiger partial charge in [-0.1, -0.05) is 0 Å². The summed E-state index contributed by atoms with van der Waals surface area (Å²) in [6.07, 6.45) is 2.54. The molecule has 7 heteroatoms. The summed E-state index contributed by atoms with van der Waals surface area (Å²) in [6.45, 7) is 0.687. The number of carboxylic acid groups (broad SMARTS) is 1. The molecule has 2 heterocycles. The molecule has 1 N–H and O–H groups in total. The van der Waals surface area contributed by atoms with Crippen molar-refractivity contribution in [3.63, 3.8) is 0 Å². The SMILES string of the molecule is O=C(O)[C@H]1CN(C(=O)c2ccc(-n3cccn3)cc2)CCO1. The zero-order chi connectivity index (χ0) is 15.5. The highest BCUT2D eigenvalue weighted by Gasteiger charge is 2.29. The van der Waals surface area contributed by atoms with Crippen LogP contribution in [-0.2, 0) is 9.53 Å². The average molecular weight is 301 g/mol. The third-order valence-corrected chi connectivity index (χ3v) is 3.51. The summed E-state index contributed by atoms with van der Waals surface area (Å²) in [5, 5.41) is 13.1. The standard InChI is InChI=1S/C15H15N3O4/c19-14(17-8-9-22-13(10-17)15(20)21)11-2-4-12(5-3-11)18-7-1-6-16-18/h1-7,13H,8-10H2,(H,20,21)/t13-/m1/s1. The van der Waals surface area contributed by atoms with E-state index in [0.717, 1.165) is 5.69 Å². The van der Waals surface area contributed by atoms with Crippen LogP contribution in [0.4, 0.5) is 0 Å². The smallest absolute Gasteiger partial charge is 0.334 e. The molecule has 7 nitrogen and oxygen atoms in total. The van der Waals surface area contributed by atoms with Crippen molar-refractivity contribution in [1.29, 1.82) is 0 Å². The number of amides is 1. The van der Waals surface area contributed by atoms with E-state index in [4.69, 9.17) is 9.84 Å². The minimum atomic E-state index is -1.05. The number of ether oxygens (including phenoxy) is 1. The van der Waals surface area contributed by atoms with E-state index in [1.54, 1.807) is 35.1 Å². The third-order valence-electron chi connectivity index (χ3n) is 3.51. The van der Waals surface area contributed by atoms with Gasteiger partial charge < -0.3 is 14.7 Å². The first-order chi connectivity index (χ1) is 10.6. The first-order valence-electron chi connectivity index (χ1n) is 6.89. The third kappa shape index (κ3) is 2.84. The molecule has 1 saturated heterocycles. The minimum Gasteiger partial charge on any atom is -0.479 e. The van der Waals surface area contributed by atoms with Crippen molar-refractivity contribution in [1.82, 2.24) is 14.7 Å². The summed E-state index contributed by atoms with van der Waals surface area (Å²) >= 11 is 0. The van der Waals surface area contributed by atoms with Crippen LogP contribution in [0.5, 0.6) is 0 Å². The lowest BCUT2D eigenvalue weighted by molar-refractivity contribution is -0.154. The summed E-state index contributed by atoms with van der Waals surface area (Å²) in [5.41, 5.74) is 1.37. The number of carbonyl (C=O) groups is 2. The average Bonchev–Trinajstić information content (AvgIpc) is 3.09. The lowest BCUT2D eigenvalue weighted by Gasteiger charge is -2.30. The van der Waals surface area contributed by atoms with Crippen LogP contribution in [0, 0.1) is 0 Å². The summed E-state index contributed by atoms with van der Waals surface area (Å²) in [7, 11) is 0. The zero-order valence-electron chi connectivity index (χ0n) is 11.8. The molecule has 22 heavy (non-hydrogen) atoms. The number of aliphatic carboxylic acids is 1. The number of hydrogen-bond donors (Lipinski definition) is 1. The molecule has 0 bridgehead atoms. The highest BCUT2D eigenvalue weighted by Crippen LogP contribution is 2.13. The lowest BCUT2D eigenvalue weighted by Crippen LogP contribution is -2.48. The highest BCUT2D eigenvalue weighted by atomic mass is 16.5. The molecule has 0 saturated carbocycles. The molecule has 3 rings (SSSR count). The van der Waals surface area contributed by atoms with Crippen LogP contribution in [0.15, 0.2) is 42.7 Å². The maximum absolute atomic E-state index is 12.4. The molecule has 1 aromatic carbocycles. The first-order valence-corrected chi connectivity index (χ1v) is 6.89. The van der Waals surface area contributed by atoms with E-state index in [0.29, 0.717) is 12.1 Å². The van der Waals surface area contributed by atoms with Gasteiger partial charge in [0.1, 0.15) is 0 Å². The van der Waals surface area contributed by atoms with Gasteiger partial charge in [0.05, 0.1) is 18.8 Å². The van der Waals surface area contributed by atoms with E-state index in [1.165, 1.54) is 4.90 Å². The van der Waals surface area contributed by atoms with Gasteiger partial charge in [0.2, 0.25) is 0 Å². The number of rotatable bonds is 3. The Balaban J connectivity index is 1.73. The lowest BCUT2D eigenvalue weighted by atomic mass is 10.1. The van der Waals surface area contributed by atoms with Crippen molar-refractivity contribution in [3.05, 3.63) is 48.3 Å². The van der Waals surface area contributed by atoms with Crippen LogP contribution >= 0.6 is 0 Å². The first kappa shape index (κ1) is 14.3. The van der Waals surface area contributed by atoms with Gasteiger partial charge in [-0.15, -0.1) is 0 Å². The number of carbonyl (C=O) groups excluding carboxylic acids is 1. The summed E-state index contributed by atoms with van der Waals surface area (Å²) in [6, 6.07) is 8.85. The van der Waals surface area contributed by atoms with E-state index >= 15 is 0 Å². The maximum atomic E-state index is 12.4. The van der Waals surface area contributed by atoms with Gasteiger partial charge in [0.25, 0.3) is 5.91 Å². The molecule has 0 spiro atoms. The maximum Gasteiger partial charge on any atom is 0.334 e. The fourth-order valence-corrected chi connectivity index (χ4v) is 2.34. The number of aromatic nitrogens is 2. The quantitative estimate of drug-likeness (QED) is 0.906. The van der Waals surface area contributed by atoms with E-state index in [1.807, 2.05) is 12.3 Å². The summed E-state index contributed by atoms with van der Waals surface area (Å²) < 4.78 is 6.82. The van der Waals surface area contributed by atoms with Crippen LogP contribution in [-0.4, -0.2) is 57.5 Å². The molecule has 1 aliphatic heterocycles. The minimum absolute atomic E-state index is 0.0646. The van der Waals surface area contributed by atoms with Gasteiger partial charge in [0.15, 0.2) is 6.10 Å². The van der Waals surface area contributed by atoms with E-state index in [-0.39, 0.29) is 19.1 Å². The number of hydrogen-bond acceptors (Lipinski definition) is 4. The molecule has 2 aromatic rings. The van der Waals surface area contributed by atoms with Gasteiger partial charge in [0, 0.05) is 24.5 Å². The molecule has 0 unspecified atom stereocenters. The van der Waals surface area contributed by atoms with Crippen molar-refractivity contribution >= 4 is 11.9 Å². The zero-order valence-corrected chi connectivity index (χ0v) is 11.8. The predicted molar refractivity (Wildman–Crippen MR) is 76.8 cm³/mol. The number of carboxylic acids is 1. The Bertz CT molecular complexity index is 667. The number of nitrogens with zero attached hydrogens (tertiary/aromatic N) is 3. The summed E-state index contributed by atoms with van der Waals surface area (Å²) in [5.74, 6) is -1.24. The molecule has 1 amide bonds. The largest absolute Gasteiger partial charge is 0.479 e. The van der Waals surface area contributed by atoms with E-state index in [9.17, 15) is 9.59 Å². The number of benzene rings is 1. The van der Waals surface area contributed by atoms with Crippen molar-refractivity contribution < 1.29 is 19.4 Å². The van der Waals surface area contributed by atoms with E-state index < -0.39 is 12.1 Å². The second-order valence-electron chi connectivity index (χ2n) is 4.95. The molecule has 1 fully saturated rings. The van der Waals surface area contributed by atoms with Crippen molar-refractivity contribution in [2.45, 2.75) is 6.10 Å². The van der Waals surface area contributed by atoms with Crippen molar-refractivity contribution in [3.8, 4) is 5.69 Å².